The van der Waals surface area contributed by atoms with Crippen LogP contribution in [0.3, 0.4) is 0 Å². The Morgan fingerprint density at radius 2 is 1.06 bits per heavy atom. The predicted molar refractivity (Wildman–Crippen MR) is 137 cm³/mol. The topological polar surface area (TPSA) is 188 Å². The third-order valence-corrected chi connectivity index (χ3v) is 6.65. The molecule has 196 valence electrons. The third kappa shape index (κ3) is 13.9. The minimum Gasteiger partial charge on any atom is -0.481 e. The van der Waals surface area contributed by atoms with Gasteiger partial charge in [0.1, 0.15) is 18.1 Å². The van der Waals surface area contributed by atoms with E-state index in [1.807, 2.05) is 18.8 Å². The van der Waals surface area contributed by atoms with Crippen LogP contribution in [0.2, 0.25) is 0 Å². The summed E-state index contributed by atoms with van der Waals surface area (Å²) in [4.78, 5) is 60.4. The van der Waals surface area contributed by atoms with Crippen molar-refractivity contribution in [1.82, 2.24) is 16.0 Å². The number of amides is 3. The van der Waals surface area contributed by atoms with Crippen LogP contribution in [0.5, 0.6) is 0 Å². The van der Waals surface area contributed by atoms with Gasteiger partial charge in [-0.25, -0.2) is 4.79 Å². The molecule has 0 radical (unpaired) electrons. The van der Waals surface area contributed by atoms with E-state index in [-0.39, 0.29) is 32.1 Å². The minimum atomic E-state index is -1.15. The van der Waals surface area contributed by atoms with Gasteiger partial charge in [-0.3, -0.25) is 19.2 Å². The van der Waals surface area contributed by atoms with Gasteiger partial charge in [-0.05, 0) is 61.7 Å². The smallest absolute Gasteiger partial charge is 0.326 e. The number of aliphatic carboxylic acids is 2. The van der Waals surface area contributed by atoms with E-state index in [0.717, 1.165) is 0 Å². The number of carbonyl (C=O) groups is 5. The van der Waals surface area contributed by atoms with Crippen LogP contribution in [0.1, 0.15) is 32.1 Å². The summed E-state index contributed by atoms with van der Waals surface area (Å²) in [6, 6.07) is -4.13. The summed E-state index contributed by atoms with van der Waals surface area (Å²) >= 11 is 4.39. The monoisotopic (exact) mass is 540 g/mol. The Morgan fingerprint density at radius 1 is 0.676 bits per heavy atom. The second-order valence-corrected chi connectivity index (χ2v) is 10.4. The van der Waals surface area contributed by atoms with E-state index in [2.05, 4.69) is 16.0 Å². The Morgan fingerprint density at radius 3 is 1.44 bits per heavy atom. The Kier molecular flexibility index (Phi) is 17.8. The summed E-state index contributed by atoms with van der Waals surface area (Å²) in [5.74, 6) is -2.46. The summed E-state index contributed by atoms with van der Waals surface area (Å²) in [5.41, 5.74) is 5.74. The summed E-state index contributed by atoms with van der Waals surface area (Å²) in [6.45, 7) is 0. The minimum absolute atomic E-state index is 0.0800. The maximum atomic E-state index is 13.0. The van der Waals surface area contributed by atoms with Crippen LogP contribution in [0.4, 0.5) is 0 Å². The molecule has 3 amide bonds. The number of rotatable bonds is 19. The van der Waals surface area contributed by atoms with Crippen LogP contribution >= 0.6 is 35.3 Å². The molecule has 7 N–H and O–H groups in total. The van der Waals surface area contributed by atoms with Gasteiger partial charge in [0.25, 0.3) is 0 Å². The van der Waals surface area contributed by atoms with Crippen molar-refractivity contribution in [3.63, 3.8) is 0 Å². The second kappa shape index (κ2) is 18.7. The van der Waals surface area contributed by atoms with E-state index in [1.165, 1.54) is 35.3 Å². The lowest BCUT2D eigenvalue weighted by Crippen LogP contribution is -2.57. The summed E-state index contributed by atoms with van der Waals surface area (Å²) in [7, 11) is 0. The van der Waals surface area contributed by atoms with E-state index in [0.29, 0.717) is 17.3 Å². The molecular formula is C20H36N4O7S3. The molecule has 0 aromatic rings. The highest BCUT2D eigenvalue weighted by Gasteiger charge is 2.30. The van der Waals surface area contributed by atoms with Crippen molar-refractivity contribution in [3.05, 3.63) is 0 Å². The Bertz CT molecular complexity index is 685. The van der Waals surface area contributed by atoms with Gasteiger partial charge in [0, 0.05) is 6.42 Å². The third-order valence-electron chi connectivity index (χ3n) is 4.72. The molecule has 0 aromatic carbocycles. The first kappa shape index (κ1) is 32.4. The maximum absolute atomic E-state index is 13.0. The first-order valence-corrected chi connectivity index (χ1v) is 14.8. The summed E-state index contributed by atoms with van der Waals surface area (Å²) < 4.78 is 0. The van der Waals surface area contributed by atoms with Crippen LogP contribution in [0.15, 0.2) is 0 Å². The summed E-state index contributed by atoms with van der Waals surface area (Å²) in [6.07, 6.45) is 5.94. The fourth-order valence-electron chi connectivity index (χ4n) is 2.74. The average molecular weight is 541 g/mol. The number of hydrogen-bond acceptors (Lipinski definition) is 9. The van der Waals surface area contributed by atoms with Crippen molar-refractivity contribution in [2.75, 3.05) is 36.0 Å². The van der Waals surface area contributed by atoms with Gasteiger partial charge >= 0.3 is 11.9 Å². The van der Waals surface area contributed by atoms with Crippen LogP contribution in [-0.4, -0.2) is 100 Å². The highest BCUT2D eigenvalue weighted by molar-refractivity contribution is 7.98. The maximum Gasteiger partial charge on any atom is 0.326 e. The Hall–Kier alpha value is -1.64. The molecule has 0 spiro atoms. The zero-order valence-electron chi connectivity index (χ0n) is 19.7. The molecule has 4 unspecified atom stereocenters. The summed E-state index contributed by atoms with van der Waals surface area (Å²) in [5, 5.41) is 25.8. The van der Waals surface area contributed by atoms with Crippen molar-refractivity contribution >= 4 is 64.9 Å². The molecule has 0 aliphatic carbocycles. The van der Waals surface area contributed by atoms with Crippen molar-refractivity contribution in [2.24, 2.45) is 5.73 Å². The van der Waals surface area contributed by atoms with Crippen molar-refractivity contribution < 1.29 is 34.2 Å². The predicted octanol–water partition coefficient (Wildman–Crippen LogP) is -0.0232. The van der Waals surface area contributed by atoms with Gasteiger partial charge in [-0.15, -0.1) is 0 Å². The standard InChI is InChI=1S/C20H36N4O7S3/c1-32-9-6-13(22-17(27)12(21)4-5-16(25)26)18(28)23-14(7-10-33-2)19(29)24-15(20(30)31)8-11-34-3/h12-15H,4-11,21H2,1-3H3,(H,22,27)(H,23,28)(H,24,29)(H,25,26)(H,30,31). The van der Waals surface area contributed by atoms with Gasteiger partial charge in [-0.2, -0.15) is 35.3 Å². The number of carbonyl (C=O) groups excluding carboxylic acids is 3. The van der Waals surface area contributed by atoms with Gasteiger partial charge in [0.2, 0.25) is 17.7 Å². The van der Waals surface area contributed by atoms with Gasteiger partial charge in [-0.1, -0.05) is 0 Å². The number of nitrogens with one attached hydrogen (secondary N) is 3. The van der Waals surface area contributed by atoms with Gasteiger partial charge in [0.05, 0.1) is 6.04 Å². The van der Waals surface area contributed by atoms with Crippen molar-refractivity contribution in [3.8, 4) is 0 Å². The molecule has 14 heteroatoms. The number of nitrogens with two attached hydrogens (primary N) is 1. The van der Waals surface area contributed by atoms with E-state index in [1.54, 1.807) is 0 Å². The van der Waals surface area contributed by atoms with E-state index < -0.39 is 53.8 Å². The lowest BCUT2D eigenvalue weighted by molar-refractivity contribution is -0.142. The molecule has 0 aliphatic rings. The molecule has 4 atom stereocenters. The second-order valence-electron chi connectivity index (χ2n) is 7.41. The van der Waals surface area contributed by atoms with E-state index in [4.69, 9.17) is 10.8 Å². The quantitative estimate of drug-likeness (QED) is 0.129. The highest BCUT2D eigenvalue weighted by atomic mass is 32.2. The van der Waals surface area contributed by atoms with Crippen LogP contribution in [0, 0.1) is 0 Å². The number of carboxylic acids is 2. The fourth-order valence-corrected chi connectivity index (χ4v) is 4.15. The zero-order chi connectivity index (χ0) is 26.1. The largest absolute Gasteiger partial charge is 0.481 e. The molecule has 0 saturated carbocycles. The first-order chi connectivity index (χ1) is 16.1. The molecule has 0 saturated heterocycles. The molecule has 0 bridgehead atoms. The van der Waals surface area contributed by atoms with Crippen LogP contribution in [-0.2, 0) is 24.0 Å². The normalized spacial score (nSPS) is 14.4. The van der Waals surface area contributed by atoms with Crippen LogP contribution < -0.4 is 21.7 Å². The highest BCUT2D eigenvalue weighted by Crippen LogP contribution is 2.08. The van der Waals surface area contributed by atoms with Crippen LogP contribution in [0.25, 0.3) is 0 Å². The number of carboxylic acid groups (broad SMARTS) is 2. The zero-order valence-corrected chi connectivity index (χ0v) is 22.2. The Balaban J connectivity index is 5.35. The van der Waals surface area contributed by atoms with Gasteiger partial charge < -0.3 is 31.9 Å². The van der Waals surface area contributed by atoms with Gasteiger partial charge in [0.15, 0.2) is 0 Å². The molecule has 11 nitrogen and oxygen atoms in total. The van der Waals surface area contributed by atoms with Crippen molar-refractivity contribution in [2.45, 2.75) is 56.3 Å². The molecule has 0 heterocycles. The molecule has 0 rings (SSSR count). The Labute approximate surface area is 212 Å². The van der Waals surface area contributed by atoms with E-state index >= 15 is 0 Å². The SMILES string of the molecule is CSCCC(NC(=O)C(CCSC)NC(=O)C(CCSC)NC(=O)C(N)CCC(=O)O)C(=O)O. The first-order valence-electron chi connectivity index (χ1n) is 10.6. The van der Waals surface area contributed by atoms with Crippen molar-refractivity contribution in [1.29, 1.82) is 0 Å². The molecule has 0 aliphatic heterocycles. The molecule has 34 heavy (non-hydrogen) atoms. The molecular weight excluding hydrogens is 504 g/mol. The average Bonchev–Trinajstić information content (AvgIpc) is 2.79. The van der Waals surface area contributed by atoms with E-state index in [9.17, 15) is 29.1 Å². The fraction of sp³-hybridized carbons (Fsp3) is 0.750. The lowest BCUT2D eigenvalue weighted by atomic mass is 10.1. The number of thioether (sulfide) groups is 3. The lowest BCUT2D eigenvalue weighted by Gasteiger charge is -2.25. The molecule has 0 fully saturated rings. The molecule has 0 aromatic heterocycles. The number of hydrogen-bond donors (Lipinski definition) is 6.